The summed E-state index contributed by atoms with van der Waals surface area (Å²) in [5.74, 6) is 0. The van der Waals surface area contributed by atoms with Crippen LogP contribution in [0.4, 0.5) is 5.69 Å². The van der Waals surface area contributed by atoms with Crippen LogP contribution in [0.3, 0.4) is 0 Å². The fourth-order valence-corrected chi connectivity index (χ4v) is 3.75. The number of anilines is 1. The lowest BCUT2D eigenvalue weighted by Crippen LogP contribution is -2.12. The van der Waals surface area contributed by atoms with E-state index in [0.717, 1.165) is 15.2 Å². The van der Waals surface area contributed by atoms with Crippen LogP contribution in [0, 0.1) is 0 Å². The fourth-order valence-electron chi connectivity index (χ4n) is 2.10. The van der Waals surface area contributed by atoms with E-state index in [1.807, 2.05) is 36.4 Å². The molecule has 3 rings (SSSR count). The minimum absolute atomic E-state index is 0.227. The zero-order chi connectivity index (χ0) is 14.9. The van der Waals surface area contributed by atoms with E-state index in [0.29, 0.717) is 5.69 Å². The Morgan fingerprint density at radius 3 is 2.33 bits per heavy atom. The van der Waals surface area contributed by atoms with E-state index in [1.165, 1.54) is 0 Å². The molecule has 0 aliphatic carbocycles. The van der Waals surface area contributed by atoms with Crippen LogP contribution in [0.25, 0.3) is 10.8 Å². The number of hydrogen-bond donors (Lipinski definition) is 1. The summed E-state index contributed by atoms with van der Waals surface area (Å²) < 4.78 is 28.0. The fraction of sp³-hybridized carbons (Fsp3) is 0. The minimum Gasteiger partial charge on any atom is -0.280 e. The van der Waals surface area contributed by atoms with Gasteiger partial charge in [0.05, 0.1) is 4.90 Å². The highest BCUT2D eigenvalue weighted by Gasteiger charge is 2.14. The van der Waals surface area contributed by atoms with Gasteiger partial charge in [-0.05, 0) is 41.1 Å². The maximum atomic E-state index is 12.4. The first-order valence-electron chi connectivity index (χ1n) is 6.32. The van der Waals surface area contributed by atoms with Gasteiger partial charge in [-0.25, -0.2) is 8.42 Å². The van der Waals surface area contributed by atoms with Crippen LogP contribution >= 0.6 is 15.9 Å². The van der Waals surface area contributed by atoms with Crippen LogP contribution in [-0.2, 0) is 10.0 Å². The van der Waals surface area contributed by atoms with Crippen molar-refractivity contribution in [2.45, 2.75) is 4.90 Å². The quantitative estimate of drug-likeness (QED) is 0.751. The topological polar surface area (TPSA) is 46.2 Å². The van der Waals surface area contributed by atoms with Crippen molar-refractivity contribution in [1.82, 2.24) is 0 Å². The number of benzene rings is 3. The predicted octanol–water partition coefficient (Wildman–Crippen LogP) is 4.40. The molecule has 0 heterocycles. The second-order valence-electron chi connectivity index (χ2n) is 4.62. The minimum atomic E-state index is -3.58. The SMILES string of the molecule is O=S(=O)(Nc1ccc2ccccc2c1)c1cccc(Br)c1. The third-order valence-corrected chi connectivity index (χ3v) is 4.98. The molecule has 0 aliphatic rings. The van der Waals surface area contributed by atoms with Crippen LogP contribution < -0.4 is 4.72 Å². The van der Waals surface area contributed by atoms with Crippen LogP contribution in [0.2, 0.25) is 0 Å². The van der Waals surface area contributed by atoms with E-state index in [9.17, 15) is 8.42 Å². The van der Waals surface area contributed by atoms with Gasteiger partial charge in [-0.3, -0.25) is 4.72 Å². The average molecular weight is 362 g/mol. The lowest BCUT2D eigenvalue weighted by atomic mass is 10.1. The largest absolute Gasteiger partial charge is 0.280 e. The van der Waals surface area contributed by atoms with Gasteiger partial charge in [0, 0.05) is 10.2 Å². The summed E-state index contributed by atoms with van der Waals surface area (Å²) in [4.78, 5) is 0.227. The van der Waals surface area contributed by atoms with E-state index in [-0.39, 0.29) is 4.90 Å². The molecule has 0 fully saturated rings. The van der Waals surface area contributed by atoms with Crippen LogP contribution in [0.5, 0.6) is 0 Å². The van der Waals surface area contributed by atoms with Gasteiger partial charge in [-0.2, -0.15) is 0 Å². The molecule has 3 aromatic rings. The van der Waals surface area contributed by atoms with Crippen molar-refractivity contribution >= 4 is 42.4 Å². The molecular formula is C16H12BrNO2S. The summed E-state index contributed by atoms with van der Waals surface area (Å²) in [5, 5.41) is 2.06. The molecule has 0 spiro atoms. The molecular weight excluding hydrogens is 350 g/mol. The number of halogens is 1. The molecule has 1 N–H and O–H groups in total. The summed E-state index contributed by atoms with van der Waals surface area (Å²) in [6.45, 7) is 0. The van der Waals surface area contributed by atoms with Gasteiger partial charge < -0.3 is 0 Å². The molecule has 21 heavy (non-hydrogen) atoms. The Balaban J connectivity index is 1.97. The molecule has 0 unspecified atom stereocenters. The highest BCUT2D eigenvalue weighted by molar-refractivity contribution is 9.10. The molecule has 5 heteroatoms. The van der Waals surface area contributed by atoms with Gasteiger partial charge in [0.1, 0.15) is 0 Å². The van der Waals surface area contributed by atoms with Gasteiger partial charge in [0.25, 0.3) is 10.0 Å². The lowest BCUT2D eigenvalue weighted by Gasteiger charge is -2.09. The lowest BCUT2D eigenvalue weighted by molar-refractivity contribution is 0.601. The Kier molecular flexibility index (Phi) is 3.69. The average Bonchev–Trinajstić information content (AvgIpc) is 2.47. The van der Waals surface area contributed by atoms with Gasteiger partial charge in [-0.1, -0.05) is 52.3 Å². The first kappa shape index (κ1) is 14.1. The predicted molar refractivity (Wildman–Crippen MR) is 88.9 cm³/mol. The molecule has 0 atom stereocenters. The van der Waals surface area contributed by atoms with Crippen molar-refractivity contribution in [3.05, 3.63) is 71.2 Å². The monoisotopic (exact) mass is 361 g/mol. The zero-order valence-electron chi connectivity index (χ0n) is 11.0. The van der Waals surface area contributed by atoms with Crippen molar-refractivity contribution in [2.24, 2.45) is 0 Å². The molecule has 0 radical (unpaired) electrons. The molecule has 0 bridgehead atoms. The zero-order valence-corrected chi connectivity index (χ0v) is 13.4. The Morgan fingerprint density at radius 1 is 0.810 bits per heavy atom. The van der Waals surface area contributed by atoms with Gasteiger partial charge in [-0.15, -0.1) is 0 Å². The highest BCUT2D eigenvalue weighted by Crippen LogP contribution is 2.23. The van der Waals surface area contributed by atoms with E-state index in [4.69, 9.17) is 0 Å². The third-order valence-electron chi connectivity index (χ3n) is 3.11. The summed E-state index contributed by atoms with van der Waals surface area (Å²) in [5.41, 5.74) is 0.550. The van der Waals surface area contributed by atoms with Crippen molar-refractivity contribution in [2.75, 3.05) is 4.72 Å². The Bertz CT molecular complexity index is 907. The van der Waals surface area contributed by atoms with E-state index in [1.54, 1.807) is 30.3 Å². The summed E-state index contributed by atoms with van der Waals surface area (Å²) in [7, 11) is -3.58. The van der Waals surface area contributed by atoms with Gasteiger partial charge in [0.15, 0.2) is 0 Å². The Morgan fingerprint density at radius 2 is 1.57 bits per heavy atom. The number of fused-ring (bicyclic) bond motifs is 1. The Labute approximate surface area is 131 Å². The first-order valence-corrected chi connectivity index (χ1v) is 8.59. The summed E-state index contributed by atoms with van der Waals surface area (Å²) in [6, 6.07) is 19.9. The molecule has 0 aliphatic heterocycles. The number of sulfonamides is 1. The molecule has 0 aromatic heterocycles. The van der Waals surface area contributed by atoms with Crippen LogP contribution in [0.1, 0.15) is 0 Å². The molecule has 3 nitrogen and oxygen atoms in total. The molecule has 0 amide bonds. The Hall–Kier alpha value is -1.85. The summed E-state index contributed by atoms with van der Waals surface area (Å²) in [6.07, 6.45) is 0. The maximum Gasteiger partial charge on any atom is 0.261 e. The first-order chi connectivity index (χ1) is 10.0. The number of rotatable bonds is 3. The second kappa shape index (κ2) is 5.50. The highest BCUT2D eigenvalue weighted by atomic mass is 79.9. The van der Waals surface area contributed by atoms with Crippen LogP contribution in [0.15, 0.2) is 76.1 Å². The number of hydrogen-bond acceptors (Lipinski definition) is 2. The van der Waals surface area contributed by atoms with Gasteiger partial charge >= 0.3 is 0 Å². The standard InChI is InChI=1S/C16H12BrNO2S/c17-14-6-3-7-16(11-14)21(19,20)18-15-9-8-12-4-1-2-5-13(12)10-15/h1-11,18H. The molecule has 106 valence electrons. The summed E-state index contributed by atoms with van der Waals surface area (Å²) >= 11 is 3.28. The van der Waals surface area contributed by atoms with E-state index < -0.39 is 10.0 Å². The number of nitrogens with one attached hydrogen (secondary N) is 1. The smallest absolute Gasteiger partial charge is 0.261 e. The van der Waals surface area contributed by atoms with Crippen LogP contribution in [-0.4, -0.2) is 8.42 Å². The van der Waals surface area contributed by atoms with E-state index in [2.05, 4.69) is 20.7 Å². The third kappa shape index (κ3) is 3.09. The molecule has 0 saturated heterocycles. The van der Waals surface area contributed by atoms with E-state index >= 15 is 0 Å². The van der Waals surface area contributed by atoms with Crippen molar-refractivity contribution in [1.29, 1.82) is 0 Å². The maximum absolute atomic E-state index is 12.4. The van der Waals surface area contributed by atoms with Crippen molar-refractivity contribution in [3.8, 4) is 0 Å². The second-order valence-corrected chi connectivity index (χ2v) is 7.22. The van der Waals surface area contributed by atoms with Gasteiger partial charge in [0.2, 0.25) is 0 Å². The molecule has 3 aromatic carbocycles. The van der Waals surface area contributed by atoms with Crippen molar-refractivity contribution < 1.29 is 8.42 Å². The molecule has 0 saturated carbocycles. The van der Waals surface area contributed by atoms with Crippen molar-refractivity contribution in [3.63, 3.8) is 0 Å². The normalized spacial score (nSPS) is 11.5.